The van der Waals surface area contributed by atoms with Gasteiger partial charge < -0.3 is 5.32 Å². The van der Waals surface area contributed by atoms with Crippen LogP contribution in [0.4, 0.5) is 10.5 Å². The van der Waals surface area contributed by atoms with E-state index >= 15 is 0 Å². The van der Waals surface area contributed by atoms with Crippen LogP contribution in [0, 0.1) is 6.92 Å². The lowest BCUT2D eigenvalue weighted by atomic mass is 9.99. The zero-order valence-corrected chi connectivity index (χ0v) is 20.0. The molecule has 0 saturated carbocycles. The van der Waals surface area contributed by atoms with E-state index in [-0.39, 0.29) is 5.91 Å². The van der Waals surface area contributed by atoms with Crippen LogP contribution in [0.1, 0.15) is 11.3 Å². The maximum absolute atomic E-state index is 13.7. The number of aromatic nitrogens is 3. The molecule has 0 aliphatic carbocycles. The van der Waals surface area contributed by atoms with Crippen LogP contribution in [0.25, 0.3) is 26.8 Å². The minimum Gasteiger partial charge on any atom is -0.329 e. The summed E-state index contributed by atoms with van der Waals surface area (Å²) < 4.78 is 0. The van der Waals surface area contributed by atoms with E-state index < -0.39 is 17.3 Å². The van der Waals surface area contributed by atoms with Crippen molar-refractivity contribution in [2.45, 2.75) is 18.2 Å². The highest BCUT2D eigenvalue weighted by molar-refractivity contribution is 8.09. The molecule has 2 aliphatic heterocycles. The van der Waals surface area contributed by atoms with Crippen molar-refractivity contribution in [3.05, 3.63) is 89.5 Å². The lowest BCUT2D eigenvalue weighted by molar-refractivity contribution is -0.118. The molecule has 35 heavy (non-hydrogen) atoms. The number of anilines is 1. The predicted molar refractivity (Wildman–Crippen MR) is 138 cm³/mol. The highest BCUT2D eigenvalue weighted by Gasteiger charge is 2.46. The largest absolute Gasteiger partial charge is 0.329 e. The van der Waals surface area contributed by atoms with Gasteiger partial charge in [-0.1, -0.05) is 48.0 Å². The molecule has 6 rings (SSSR count). The second-order valence-electron chi connectivity index (χ2n) is 8.35. The molecule has 9 heteroatoms. The molecule has 3 amide bonds. The summed E-state index contributed by atoms with van der Waals surface area (Å²) in [7, 11) is 0. The summed E-state index contributed by atoms with van der Waals surface area (Å²) in [6.07, 6.45) is 6.87. The Hall–Kier alpha value is -3.75. The van der Waals surface area contributed by atoms with Crippen molar-refractivity contribution < 1.29 is 9.59 Å². The lowest BCUT2D eigenvalue weighted by Crippen LogP contribution is -2.60. The van der Waals surface area contributed by atoms with Crippen molar-refractivity contribution in [1.82, 2.24) is 20.5 Å². The normalized spacial score (nSPS) is 19.5. The van der Waals surface area contributed by atoms with Crippen molar-refractivity contribution >= 4 is 56.7 Å². The molecular formula is C26H18ClN5O2S. The van der Waals surface area contributed by atoms with Crippen molar-refractivity contribution in [3.8, 4) is 11.1 Å². The van der Waals surface area contributed by atoms with Crippen LogP contribution in [-0.4, -0.2) is 38.4 Å². The van der Waals surface area contributed by atoms with Gasteiger partial charge in [-0.15, -0.1) is 11.8 Å². The van der Waals surface area contributed by atoms with Gasteiger partial charge in [0.2, 0.25) is 0 Å². The summed E-state index contributed by atoms with van der Waals surface area (Å²) in [6.45, 7) is 1.88. The second kappa shape index (κ2) is 8.48. The van der Waals surface area contributed by atoms with E-state index in [0.29, 0.717) is 10.7 Å². The Morgan fingerprint density at radius 1 is 1.06 bits per heavy atom. The number of carbonyl (C=O) groups is 2. The minimum absolute atomic E-state index is 0.289. The zero-order chi connectivity index (χ0) is 24.1. The van der Waals surface area contributed by atoms with Gasteiger partial charge in [0.15, 0.2) is 0 Å². The van der Waals surface area contributed by atoms with Crippen molar-refractivity contribution in [1.29, 1.82) is 0 Å². The summed E-state index contributed by atoms with van der Waals surface area (Å²) in [5.74, 6) is -0.289. The molecular weight excluding hydrogens is 482 g/mol. The number of imide groups is 1. The Labute approximate surface area is 210 Å². The van der Waals surface area contributed by atoms with Crippen LogP contribution in [0.15, 0.2) is 73.2 Å². The van der Waals surface area contributed by atoms with E-state index in [9.17, 15) is 9.59 Å². The quantitative estimate of drug-likeness (QED) is 0.415. The Kier molecular flexibility index (Phi) is 5.27. The Bertz CT molecular complexity index is 1550. The fourth-order valence-corrected chi connectivity index (χ4v) is 6.21. The molecule has 2 atom stereocenters. The molecule has 1 fully saturated rings. The Morgan fingerprint density at radius 3 is 2.77 bits per heavy atom. The van der Waals surface area contributed by atoms with Crippen LogP contribution in [0.2, 0.25) is 5.02 Å². The molecule has 0 bridgehead atoms. The maximum atomic E-state index is 13.7. The van der Waals surface area contributed by atoms with E-state index in [1.807, 2.05) is 61.5 Å². The summed E-state index contributed by atoms with van der Waals surface area (Å²) >= 11 is 8.07. The number of fused-ring (bicyclic) bond motifs is 2. The summed E-state index contributed by atoms with van der Waals surface area (Å²) in [5.41, 5.74) is 3.83. The van der Waals surface area contributed by atoms with Gasteiger partial charge in [-0.2, -0.15) is 10.2 Å². The van der Waals surface area contributed by atoms with Gasteiger partial charge >= 0.3 is 6.03 Å². The average molecular weight is 500 g/mol. The molecule has 2 aliphatic rings. The number of rotatable bonds is 3. The first-order chi connectivity index (χ1) is 17.0. The molecule has 2 unspecified atom stereocenters. The highest BCUT2D eigenvalue weighted by Crippen LogP contribution is 2.47. The van der Waals surface area contributed by atoms with E-state index in [1.54, 1.807) is 18.6 Å². The SMILES string of the molecule is Cc1cc(-c2cccc(Cl)c2C2=CC3NC(=O)N(c4cncc5ccccc45)C(=O)C3S2)cnn1. The molecule has 4 heterocycles. The van der Waals surface area contributed by atoms with Crippen LogP contribution in [0.5, 0.6) is 0 Å². The molecule has 1 saturated heterocycles. The van der Waals surface area contributed by atoms with Gasteiger partial charge in [-0.05, 0) is 30.7 Å². The van der Waals surface area contributed by atoms with Gasteiger partial charge in [0.05, 0.1) is 29.8 Å². The van der Waals surface area contributed by atoms with Crippen LogP contribution < -0.4 is 10.2 Å². The number of aryl methyl sites for hydroxylation is 1. The number of hydrogen-bond donors (Lipinski definition) is 1. The van der Waals surface area contributed by atoms with Crippen molar-refractivity contribution in [2.24, 2.45) is 0 Å². The monoisotopic (exact) mass is 499 g/mol. The third-order valence-corrected chi connectivity index (χ3v) is 7.76. The topological polar surface area (TPSA) is 88.1 Å². The van der Waals surface area contributed by atoms with Crippen LogP contribution in [0.3, 0.4) is 0 Å². The number of hydrogen-bond acceptors (Lipinski definition) is 6. The fourth-order valence-electron chi connectivity index (χ4n) is 4.54. The molecule has 2 aromatic heterocycles. The number of nitrogens with one attached hydrogen (secondary N) is 1. The molecule has 0 radical (unpaired) electrons. The molecule has 4 aromatic rings. The number of urea groups is 1. The number of thioether (sulfide) groups is 1. The van der Waals surface area contributed by atoms with Gasteiger partial charge in [-0.3, -0.25) is 9.78 Å². The molecule has 1 N–H and O–H groups in total. The minimum atomic E-state index is -0.525. The summed E-state index contributed by atoms with van der Waals surface area (Å²) in [4.78, 5) is 33.0. The first-order valence-corrected chi connectivity index (χ1v) is 12.2. The van der Waals surface area contributed by atoms with Crippen LogP contribution >= 0.6 is 23.4 Å². The van der Waals surface area contributed by atoms with Gasteiger partial charge in [0.1, 0.15) is 5.25 Å². The summed E-state index contributed by atoms with van der Waals surface area (Å²) in [5, 5.41) is 12.8. The molecule has 7 nitrogen and oxygen atoms in total. The third-order valence-electron chi connectivity index (χ3n) is 6.10. The first kappa shape index (κ1) is 21.8. The average Bonchev–Trinajstić information content (AvgIpc) is 3.28. The van der Waals surface area contributed by atoms with E-state index in [0.717, 1.165) is 38.1 Å². The van der Waals surface area contributed by atoms with E-state index in [1.165, 1.54) is 16.7 Å². The van der Waals surface area contributed by atoms with Crippen molar-refractivity contribution in [2.75, 3.05) is 4.90 Å². The molecule has 172 valence electrons. The third kappa shape index (κ3) is 3.66. The number of benzene rings is 2. The Balaban J connectivity index is 1.38. The number of amides is 3. The molecule has 2 aromatic carbocycles. The van der Waals surface area contributed by atoms with Gasteiger partial charge in [0.25, 0.3) is 5.91 Å². The van der Waals surface area contributed by atoms with E-state index in [2.05, 4.69) is 20.5 Å². The Morgan fingerprint density at radius 2 is 1.91 bits per heavy atom. The predicted octanol–water partition coefficient (Wildman–Crippen LogP) is 5.23. The first-order valence-electron chi connectivity index (χ1n) is 11.0. The number of halogens is 1. The summed E-state index contributed by atoms with van der Waals surface area (Å²) in [6, 6.07) is 14.2. The van der Waals surface area contributed by atoms with Crippen molar-refractivity contribution in [3.63, 3.8) is 0 Å². The second-order valence-corrected chi connectivity index (χ2v) is 9.94. The standard InChI is InChI=1S/C26H18ClN5O2S/c1-14-9-16(12-29-31-14)18-7-4-8-19(27)23(18)22-10-20-24(35-22)25(33)32(26(34)30-20)21-13-28-11-15-5-2-3-6-17(15)21/h2-13,20,24H,1H3,(H,30,34). The smallest absolute Gasteiger partial charge is 0.329 e. The lowest BCUT2D eigenvalue weighted by Gasteiger charge is -2.33. The van der Waals surface area contributed by atoms with E-state index in [4.69, 9.17) is 11.6 Å². The molecule has 0 spiro atoms. The van der Waals surface area contributed by atoms with Gasteiger partial charge in [0, 0.05) is 38.0 Å². The van der Waals surface area contributed by atoms with Crippen LogP contribution in [-0.2, 0) is 4.79 Å². The number of pyridine rings is 1. The number of nitrogens with zero attached hydrogens (tertiary/aromatic N) is 4. The fraction of sp³-hybridized carbons (Fsp3) is 0.115. The maximum Gasteiger partial charge on any atom is 0.329 e. The number of carbonyl (C=O) groups excluding carboxylic acids is 2. The van der Waals surface area contributed by atoms with Gasteiger partial charge in [-0.25, -0.2) is 9.69 Å². The zero-order valence-electron chi connectivity index (χ0n) is 18.5. The highest BCUT2D eigenvalue weighted by atomic mass is 35.5.